The van der Waals surface area contributed by atoms with Gasteiger partial charge in [-0.1, -0.05) is 43.3 Å². The number of hydrogen-bond donors (Lipinski definition) is 2. The summed E-state index contributed by atoms with van der Waals surface area (Å²) < 4.78 is 0. The summed E-state index contributed by atoms with van der Waals surface area (Å²) in [5.41, 5.74) is 5.27. The number of aliphatic hydroxyl groups is 1. The topological polar surface area (TPSA) is 63.3 Å². The molecule has 1 aromatic rings. The molecule has 0 aromatic heterocycles. The van der Waals surface area contributed by atoms with E-state index in [1.54, 1.807) is 0 Å². The summed E-state index contributed by atoms with van der Waals surface area (Å²) in [5.74, 6) is 0.0718. The molecule has 0 fully saturated rings. The second kappa shape index (κ2) is 12.8. The van der Waals surface area contributed by atoms with Crippen molar-refractivity contribution in [1.82, 2.24) is 0 Å². The first kappa shape index (κ1) is 16.2. The van der Waals surface area contributed by atoms with E-state index < -0.39 is 0 Å². The number of carbonyl (C=O) groups excluding carboxylic acids is 1. The molecule has 15 heavy (non-hydrogen) atoms. The monoisotopic (exact) mass is 211 g/mol. The number of ketones is 1. The molecule has 0 spiro atoms. The normalized spacial score (nSPS) is 9.93. The quantitative estimate of drug-likeness (QED) is 0.781. The maximum absolute atomic E-state index is 10.2. The van der Waals surface area contributed by atoms with Crippen molar-refractivity contribution < 1.29 is 9.90 Å². The first-order valence-corrected chi connectivity index (χ1v) is 4.89. The van der Waals surface area contributed by atoms with Crippen LogP contribution in [0.15, 0.2) is 36.4 Å². The highest BCUT2D eigenvalue weighted by atomic mass is 16.2. The van der Waals surface area contributed by atoms with Crippen LogP contribution in [0.25, 0.3) is 0 Å². The molecule has 1 unspecified atom stereocenters. The summed E-state index contributed by atoms with van der Waals surface area (Å²) in [4.78, 5) is 10.2. The third kappa shape index (κ3) is 12.8. The average molecular weight is 211 g/mol. The number of hydrogen-bond acceptors (Lipinski definition) is 3. The predicted molar refractivity (Wildman–Crippen MR) is 63.5 cm³/mol. The fourth-order valence-electron chi connectivity index (χ4n) is 0.672. The zero-order valence-corrected chi connectivity index (χ0v) is 9.68. The minimum atomic E-state index is -0.236. The molecule has 0 aliphatic heterocycles. The van der Waals surface area contributed by atoms with Gasteiger partial charge in [0.2, 0.25) is 0 Å². The summed E-state index contributed by atoms with van der Waals surface area (Å²) in [6.07, 6.45) is 0.745. The van der Waals surface area contributed by atoms with Crippen molar-refractivity contribution >= 4 is 5.78 Å². The minimum absolute atomic E-state index is 0.0718. The van der Waals surface area contributed by atoms with E-state index in [9.17, 15) is 4.79 Å². The van der Waals surface area contributed by atoms with Crippen LogP contribution in [-0.4, -0.2) is 24.0 Å². The van der Waals surface area contributed by atoms with Crippen LogP contribution in [0.1, 0.15) is 20.3 Å². The second-order valence-corrected chi connectivity index (χ2v) is 2.78. The molecule has 1 atom stereocenters. The Morgan fingerprint density at radius 1 is 1.13 bits per heavy atom. The van der Waals surface area contributed by atoms with Gasteiger partial charge in [-0.25, -0.2) is 0 Å². The highest BCUT2D eigenvalue weighted by molar-refractivity contribution is 5.80. The van der Waals surface area contributed by atoms with Crippen molar-refractivity contribution in [3.05, 3.63) is 36.4 Å². The summed E-state index contributed by atoms with van der Waals surface area (Å²) in [6.45, 7) is 3.40. The standard InChI is InChI=1S/C6H6.C5H11NO.CH4O/c1-2-4-6-5-3-1;1-3-5(6)4(2)7;1-2/h1-6H;5H,3,6H2,1-2H3;2H,1H3. The lowest BCUT2D eigenvalue weighted by Gasteiger charge is -1.99. The van der Waals surface area contributed by atoms with Gasteiger partial charge in [0.15, 0.2) is 0 Å². The van der Waals surface area contributed by atoms with Crippen LogP contribution in [0.4, 0.5) is 0 Å². The van der Waals surface area contributed by atoms with Crippen LogP contribution >= 0.6 is 0 Å². The SMILES string of the molecule is CCC(N)C(C)=O.CO.c1ccccc1. The molecule has 0 aliphatic rings. The Labute approximate surface area is 91.9 Å². The Balaban J connectivity index is 0. The number of rotatable bonds is 2. The molecule has 3 N–H and O–H groups in total. The number of nitrogens with two attached hydrogens (primary N) is 1. The van der Waals surface area contributed by atoms with Gasteiger partial charge in [-0.3, -0.25) is 4.79 Å². The van der Waals surface area contributed by atoms with Crippen molar-refractivity contribution in [1.29, 1.82) is 0 Å². The van der Waals surface area contributed by atoms with Crippen LogP contribution < -0.4 is 5.73 Å². The van der Waals surface area contributed by atoms with Gasteiger partial charge in [-0.2, -0.15) is 0 Å². The molecular formula is C12H21NO2. The summed E-state index contributed by atoms with van der Waals surface area (Å²) in [7, 11) is 1.00. The van der Waals surface area contributed by atoms with E-state index >= 15 is 0 Å². The molecule has 86 valence electrons. The fourth-order valence-corrected chi connectivity index (χ4v) is 0.672. The van der Waals surface area contributed by atoms with Crippen molar-refractivity contribution in [3.8, 4) is 0 Å². The third-order valence-electron chi connectivity index (χ3n) is 1.63. The molecule has 3 nitrogen and oxygen atoms in total. The minimum Gasteiger partial charge on any atom is -0.400 e. The van der Waals surface area contributed by atoms with E-state index in [1.165, 1.54) is 6.92 Å². The Hall–Kier alpha value is -1.19. The average Bonchev–Trinajstić information content (AvgIpc) is 2.33. The molecule has 0 aliphatic carbocycles. The Kier molecular flexibility index (Phi) is 13.9. The van der Waals surface area contributed by atoms with E-state index in [-0.39, 0.29) is 11.8 Å². The first-order valence-electron chi connectivity index (χ1n) is 4.89. The molecule has 1 aromatic carbocycles. The number of aliphatic hydroxyl groups excluding tert-OH is 1. The van der Waals surface area contributed by atoms with E-state index in [4.69, 9.17) is 10.8 Å². The van der Waals surface area contributed by atoms with Crippen LogP contribution in [0, 0.1) is 0 Å². The van der Waals surface area contributed by atoms with Gasteiger partial charge in [-0.15, -0.1) is 0 Å². The summed E-state index contributed by atoms with van der Waals surface area (Å²) in [6, 6.07) is 11.8. The van der Waals surface area contributed by atoms with Crippen LogP contribution in [0.2, 0.25) is 0 Å². The number of benzene rings is 1. The highest BCUT2D eigenvalue weighted by Gasteiger charge is 2.01. The van der Waals surface area contributed by atoms with Crippen LogP contribution in [0.5, 0.6) is 0 Å². The lowest BCUT2D eigenvalue weighted by atomic mass is 10.2. The molecule has 0 heterocycles. The van der Waals surface area contributed by atoms with Gasteiger partial charge >= 0.3 is 0 Å². The maximum Gasteiger partial charge on any atom is 0.146 e. The van der Waals surface area contributed by atoms with E-state index in [0.29, 0.717) is 0 Å². The predicted octanol–water partition coefficient (Wildman–Crippen LogP) is 1.61. The van der Waals surface area contributed by atoms with Gasteiger partial charge in [-0.05, 0) is 13.3 Å². The highest BCUT2D eigenvalue weighted by Crippen LogP contribution is 1.84. The first-order chi connectivity index (χ1) is 7.18. The molecule has 0 amide bonds. The fraction of sp³-hybridized carbons (Fsp3) is 0.417. The van der Waals surface area contributed by atoms with Crippen molar-refractivity contribution in [3.63, 3.8) is 0 Å². The largest absolute Gasteiger partial charge is 0.400 e. The molecule has 0 bridgehead atoms. The summed E-state index contributed by atoms with van der Waals surface area (Å²) in [5, 5.41) is 7.00. The number of Topliss-reactive ketones (excluding diaryl/α,β-unsaturated/α-hetero) is 1. The third-order valence-corrected chi connectivity index (χ3v) is 1.63. The second-order valence-electron chi connectivity index (χ2n) is 2.78. The zero-order chi connectivity index (χ0) is 12.1. The molecule has 0 radical (unpaired) electrons. The zero-order valence-electron chi connectivity index (χ0n) is 9.68. The van der Waals surface area contributed by atoms with Crippen LogP contribution in [0.3, 0.4) is 0 Å². The van der Waals surface area contributed by atoms with E-state index in [1.807, 2.05) is 43.3 Å². The summed E-state index contributed by atoms with van der Waals surface area (Å²) >= 11 is 0. The van der Waals surface area contributed by atoms with E-state index in [2.05, 4.69) is 0 Å². The van der Waals surface area contributed by atoms with Crippen LogP contribution in [-0.2, 0) is 4.79 Å². The Morgan fingerprint density at radius 2 is 1.40 bits per heavy atom. The van der Waals surface area contributed by atoms with Gasteiger partial charge in [0.1, 0.15) is 5.78 Å². The van der Waals surface area contributed by atoms with Gasteiger partial charge in [0.25, 0.3) is 0 Å². The molecule has 1 rings (SSSR count). The Morgan fingerprint density at radius 3 is 1.47 bits per heavy atom. The molecule has 3 heteroatoms. The van der Waals surface area contributed by atoms with Gasteiger partial charge in [0.05, 0.1) is 6.04 Å². The van der Waals surface area contributed by atoms with Crippen molar-refractivity contribution in [2.24, 2.45) is 5.73 Å². The molecular weight excluding hydrogens is 190 g/mol. The smallest absolute Gasteiger partial charge is 0.146 e. The Bertz CT molecular complexity index is 198. The van der Waals surface area contributed by atoms with Gasteiger partial charge in [0, 0.05) is 7.11 Å². The van der Waals surface area contributed by atoms with E-state index in [0.717, 1.165) is 13.5 Å². The molecule has 0 saturated heterocycles. The van der Waals surface area contributed by atoms with Crippen molar-refractivity contribution in [2.75, 3.05) is 7.11 Å². The molecule has 0 saturated carbocycles. The lowest BCUT2D eigenvalue weighted by Crippen LogP contribution is -2.26. The number of carbonyl (C=O) groups is 1. The van der Waals surface area contributed by atoms with Gasteiger partial charge < -0.3 is 10.8 Å². The lowest BCUT2D eigenvalue weighted by molar-refractivity contribution is -0.118. The maximum atomic E-state index is 10.2. The van der Waals surface area contributed by atoms with Crippen molar-refractivity contribution in [2.45, 2.75) is 26.3 Å².